The van der Waals surface area contributed by atoms with Gasteiger partial charge >= 0.3 is 0 Å². The van der Waals surface area contributed by atoms with Gasteiger partial charge in [0.15, 0.2) is 0 Å². The van der Waals surface area contributed by atoms with Crippen LogP contribution in [0.1, 0.15) is 44.6 Å². The van der Waals surface area contributed by atoms with Crippen molar-refractivity contribution in [2.24, 2.45) is 11.7 Å². The van der Waals surface area contributed by atoms with Crippen LogP contribution in [0.25, 0.3) is 0 Å². The van der Waals surface area contributed by atoms with Gasteiger partial charge in [0.25, 0.3) is 0 Å². The summed E-state index contributed by atoms with van der Waals surface area (Å²) in [6, 6.07) is 10.8. The van der Waals surface area contributed by atoms with Crippen LogP contribution >= 0.6 is 0 Å². The summed E-state index contributed by atoms with van der Waals surface area (Å²) in [5, 5.41) is 0. The van der Waals surface area contributed by atoms with Crippen molar-refractivity contribution in [3.05, 3.63) is 35.9 Å². The van der Waals surface area contributed by atoms with E-state index >= 15 is 0 Å². The zero-order valence-electron chi connectivity index (χ0n) is 10.3. The van der Waals surface area contributed by atoms with Crippen LogP contribution in [0, 0.1) is 5.92 Å². The van der Waals surface area contributed by atoms with Crippen LogP contribution in [-0.4, -0.2) is 5.54 Å². The van der Waals surface area contributed by atoms with Crippen molar-refractivity contribution in [3.8, 4) is 0 Å². The molecular formula is C15H23N. The second-order valence-electron chi connectivity index (χ2n) is 5.47. The third kappa shape index (κ3) is 2.85. The van der Waals surface area contributed by atoms with Crippen LogP contribution < -0.4 is 5.73 Å². The summed E-state index contributed by atoms with van der Waals surface area (Å²) in [4.78, 5) is 0. The number of benzene rings is 1. The first kappa shape index (κ1) is 11.7. The van der Waals surface area contributed by atoms with E-state index in [4.69, 9.17) is 5.73 Å². The van der Waals surface area contributed by atoms with Gasteiger partial charge in [0, 0.05) is 5.54 Å². The van der Waals surface area contributed by atoms with Gasteiger partial charge in [0.1, 0.15) is 0 Å². The van der Waals surface area contributed by atoms with Gasteiger partial charge in [-0.1, -0.05) is 43.2 Å². The average Bonchev–Trinajstić information content (AvgIpc) is 2.28. The van der Waals surface area contributed by atoms with Crippen LogP contribution in [0.3, 0.4) is 0 Å². The van der Waals surface area contributed by atoms with Crippen LogP contribution in [0.2, 0.25) is 0 Å². The molecule has 0 aliphatic heterocycles. The van der Waals surface area contributed by atoms with E-state index in [0.29, 0.717) is 5.92 Å². The highest BCUT2D eigenvalue weighted by Gasteiger charge is 2.31. The fourth-order valence-corrected chi connectivity index (χ4v) is 2.89. The van der Waals surface area contributed by atoms with E-state index in [9.17, 15) is 0 Å². The highest BCUT2D eigenvalue weighted by molar-refractivity contribution is 5.15. The summed E-state index contributed by atoms with van der Waals surface area (Å²) in [5.41, 5.74) is 7.91. The molecule has 2 atom stereocenters. The van der Waals surface area contributed by atoms with E-state index in [1.54, 1.807) is 0 Å². The maximum Gasteiger partial charge on any atom is 0.0154 e. The predicted octanol–water partition coefficient (Wildman–Crippen LogP) is 3.53. The molecule has 1 fully saturated rings. The van der Waals surface area contributed by atoms with Gasteiger partial charge in [0.05, 0.1) is 0 Å². The lowest BCUT2D eigenvalue weighted by Crippen LogP contribution is -2.46. The summed E-state index contributed by atoms with van der Waals surface area (Å²) < 4.78 is 0. The fraction of sp³-hybridized carbons (Fsp3) is 0.600. The van der Waals surface area contributed by atoms with Crippen LogP contribution in [0.4, 0.5) is 0 Å². The zero-order valence-corrected chi connectivity index (χ0v) is 10.3. The van der Waals surface area contributed by atoms with E-state index in [1.165, 1.54) is 44.1 Å². The van der Waals surface area contributed by atoms with Crippen molar-refractivity contribution in [2.45, 2.75) is 51.0 Å². The first-order chi connectivity index (χ1) is 7.68. The Morgan fingerprint density at radius 3 is 2.69 bits per heavy atom. The highest BCUT2D eigenvalue weighted by Crippen LogP contribution is 2.34. The Morgan fingerprint density at radius 1 is 1.25 bits per heavy atom. The Labute approximate surface area is 99.0 Å². The molecule has 1 saturated carbocycles. The molecule has 0 spiro atoms. The topological polar surface area (TPSA) is 26.0 Å². The molecule has 88 valence electrons. The number of nitrogens with two attached hydrogens (primary N) is 1. The smallest absolute Gasteiger partial charge is 0.0154 e. The second kappa shape index (κ2) is 5.01. The van der Waals surface area contributed by atoms with Crippen LogP contribution in [0.5, 0.6) is 0 Å². The Bertz CT molecular complexity index is 315. The SMILES string of the molecule is CC1(N)CCCCC1CCc1ccccc1. The Morgan fingerprint density at radius 2 is 2.00 bits per heavy atom. The lowest BCUT2D eigenvalue weighted by molar-refractivity contribution is 0.197. The normalized spacial score (nSPS) is 30.2. The first-order valence-corrected chi connectivity index (χ1v) is 6.51. The van der Waals surface area contributed by atoms with E-state index in [0.717, 1.165) is 0 Å². The number of aryl methyl sites for hydroxylation is 1. The molecule has 2 N–H and O–H groups in total. The lowest BCUT2D eigenvalue weighted by atomic mass is 9.72. The first-order valence-electron chi connectivity index (χ1n) is 6.51. The van der Waals surface area contributed by atoms with Gasteiger partial charge in [-0.25, -0.2) is 0 Å². The Kier molecular flexibility index (Phi) is 3.65. The van der Waals surface area contributed by atoms with Crippen molar-refractivity contribution in [1.29, 1.82) is 0 Å². The molecule has 2 rings (SSSR count). The molecule has 1 heteroatoms. The summed E-state index contributed by atoms with van der Waals surface area (Å²) in [6.45, 7) is 2.24. The van der Waals surface area contributed by atoms with E-state index < -0.39 is 0 Å². The maximum atomic E-state index is 6.39. The second-order valence-corrected chi connectivity index (χ2v) is 5.47. The fourth-order valence-electron chi connectivity index (χ4n) is 2.89. The molecule has 0 saturated heterocycles. The van der Waals surface area contributed by atoms with E-state index in [2.05, 4.69) is 37.3 Å². The van der Waals surface area contributed by atoms with Gasteiger partial charge in [-0.3, -0.25) is 0 Å². The van der Waals surface area contributed by atoms with Gasteiger partial charge in [-0.2, -0.15) is 0 Å². The molecular weight excluding hydrogens is 194 g/mol. The molecule has 16 heavy (non-hydrogen) atoms. The lowest BCUT2D eigenvalue weighted by Gasteiger charge is -2.38. The summed E-state index contributed by atoms with van der Waals surface area (Å²) in [6.07, 6.45) is 7.63. The Hall–Kier alpha value is -0.820. The molecule has 1 aliphatic carbocycles. The Balaban J connectivity index is 1.90. The zero-order chi connectivity index (χ0) is 11.4. The molecule has 0 aromatic heterocycles. The molecule has 1 nitrogen and oxygen atoms in total. The minimum Gasteiger partial charge on any atom is -0.325 e. The largest absolute Gasteiger partial charge is 0.325 e. The summed E-state index contributed by atoms with van der Waals surface area (Å²) in [5.74, 6) is 0.710. The van der Waals surface area contributed by atoms with Crippen molar-refractivity contribution in [3.63, 3.8) is 0 Å². The van der Waals surface area contributed by atoms with Gasteiger partial charge < -0.3 is 5.73 Å². The predicted molar refractivity (Wildman–Crippen MR) is 69.3 cm³/mol. The molecule has 1 aliphatic rings. The molecule has 0 bridgehead atoms. The molecule has 1 aromatic carbocycles. The minimum atomic E-state index is 0.0764. The molecule has 1 aromatic rings. The molecule has 2 unspecified atom stereocenters. The van der Waals surface area contributed by atoms with Crippen LogP contribution in [0.15, 0.2) is 30.3 Å². The average molecular weight is 217 g/mol. The summed E-state index contributed by atoms with van der Waals surface area (Å²) >= 11 is 0. The van der Waals surface area contributed by atoms with E-state index in [1.807, 2.05) is 0 Å². The van der Waals surface area contributed by atoms with Gasteiger partial charge in [0.2, 0.25) is 0 Å². The van der Waals surface area contributed by atoms with E-state index in [-0.39, 0.29) is 5.54 Å². The van der Waals surface area contributed by atoms with Gasteiger partial charge in [-0.05, 0) is 44.1 Å². The minimum absolute atomic E-state index is 0.0764. The molecule has 0 radical (unpaired) electrons. The quantitative estimate of drug-likeness (QED) is 0.823. The molecule has 0 heterocycles. The summed E-state index contributed by atoms with van der Waals surface area (Å²) in [7, 11) is 0. The standard InChI is InChI=1S/C15H23N/c1-15(16)12-6-5-9-14(15)11-10-13-7-3-2-4-8-13/h2-4,7-8,14H,5-6,9-12,16H2,1H3. The molecule has 0 amide bonds. The van der Waals surface area contributed by atoms with Crippen molar-refractivity contribution in [2.75, 3.05) is 0 Å². The van der Waals surface area contributed by atoms with Crippen LogP contribution in [-0.2, 0) is 6.42 Å². The third-order valence-corrected chi connectivity index (χ3v) is 4.07. The highest BCUT2D eigenvalue weighted by atomic mass is 14.7. The number of hydrogen-bond donors (Lipinski definition) is 1. The number of hydrogen-bond acceptors (Lipinski definition) is 1. The van der Waals surface area contributed by atoms with Crippen molar-refractivity contribution < 1.29 is 0 Å². The van der Waals surface area contributed by atoms with Gasteiger partial charge in [-0.15, -0.1) is 0 Å². The van der Waals surface area contributed by atoms with Crippen molar-refractivity contribution >= 4 is 0 Å². The third-order valence-electron chi connectivity index (χ3n) is 4.07. The monoisotopic (exact) mass is 217 g/mol. The maximum absolute atomic E-state index is 6.39. The van der Waals surface area contributed by atoms with Crippen molar-refractivity contribution in [1.82, 2.24) is 0 Å². The number of rotatable bonds is 3.